The summed E-state index contributed by atoms with van der Waals surface area (Å²) < 4.78 is 34.4. The molecule has 1 aromatic heterocycles. The molecule has 4 rings (SSSR count). The first-order valence-corrected chi connectivity index (χ1v) is 11.1. The molecule has 2 aromatic carbocycles. The van der Waals surface area contributed by atoms with Crippen LogP contribution in [0.4, 0.5) is 0 Å². The quantitative estimate of drug-likeness (QED) is 0.611. The summed E-state index contributed by atoms with van der Waals surface area (Å²) in [6.07, 6.45) is 5.07. The van der Waals surface area contributed by atoms with E-state index in [9.17, 15) is 8.42 Å². The lowest BCUT2D eigenvalue weighted by Crippen LogP contribution is -2.38. The molecule has 0 atom stereocenters. The number of aromatic nitrogens is 1. The van der Waals surface area contributed by atoms with E-state index in [-0.39, 0.29) is 11.1 Å². The molecule has 0 spiro atoms. The molecule has 1 heterocycles. The summed E-state index contributed by atoms with van der Waals surface area (Å²) in [5.74, 6) is 0.609. The lowest BCUT2D eigenvalue weighted by molar-refractivity contribution is 0.285. The summed E-state index contributed by atoms with van der Waals surface area (Å²) in [7, 11) is -2.11. The number of sulfonamides is 1. The third-order valence-electron chi connectivity index (χ3n) is 5.37. The van der Waals surface area contributed by atoms with E-state index in [1.807, 2.05) is 60.7 Å². The van der Waals surface area contributed by atoms with Crippen LogP contribution in [0.15, 0.2) is 70.1 Å². The number of hydrogen-bond donors (Lipinski definition) is 0. The summed E-state index contributed by atoms with van der Waals surface area (Å²) in [5, 5.41) is -0.00868. The highest BCUT2D eigenvalue weighted by Gasteiger charge is 2.35. The molecule has 0 unspecified atom stereocenters. The van der Waals surface area contributed by atoms with Crippen molar-refractivity contribution in [1.82, 2.24) is 9.29 Å². The number of rotatable bonds is 5. The van der Waals surface area contributed by atoms with Crippen molar-refractivity contribution in [3.8, 4) is 22.8 Å². The molecule has 0 amide bonds. The molecule has 28 heavy (non-hydrogen) atoms. The Labute approximate surface area is 166 Å². The van der Waals surface area contributed by atoms with Gasteiger partial charge in [-0.15, -0.1) is 0 Å². The SMILES string of the molecule is CN(C1CCCCC1)S(=O)(=O)c1nc(-c2ccccc2)oc1-c1ccccc1. The van der Waals surface area contributed by atoms with Crippen LogP contribution < -0.4 is 0 Å². The van der Waals surface area contributed by atoms with Gasteiger partial charge in [0.2, 0.25) is 10.9 Å². The van der Waals surface area contributed by atoms with Gasteiger partial charge in [-0.2, -0.15) is 9.29 Å². The molecular weight excluding hydrogens is 372 g/mol. The zero-order valence-corrected chi connectivity index (χ0v) is 16.7. The van der Waals surface area contributed by atoms with Crippen LogP contribution in [0, 0.1) is 0 Å². The second-order valence-electron chi connectivity index (χ2n) is 7.20. The van der Waals surface area contributed by atoms with Gasteiger partial charge in [-0.1, -0.05) is 67.8 Å². The molecule has 3 aromatic rings. The van der Waals surface area contributed by atoms with Crippen molar-refractivity contribution < 1.29 is 12.8 Å². The lowest BCUT2D eigenvalue weighted by Gasteiger charge is -2.29. The number of nitrogens with zero attached hydrogens (tertiary/aromatic N) is 2. The first-order valence-electron chi connectivity index (χ1n) is 9.67. The normalized spacial score (nSPS) is 15.8. The summed E-state index contributed by atoms with van der Waals surface area (Å²) in [4.78, 5) is 4.45. The monoisotopic (exact) mass is 396 g/mol. The first-order chi connectivity index (χ1) is 13.6. The molecule has 1 fully saturated rings. The summed E-state index contributed by atoms with van der Waals surface area (Å²) in [6.45, 7) is 0. The maximum Gasteiger partial charge on any atom is 0.264 e. The van der Waals surface area contributed by atoms with Crippen molar-refractivity contribution in [2.75, 3.05) is 7.05 Å². The molecule has 0 radical (unpaired) electrons. The average Bonchev–Trinajstić information content (AvgIpc) is 3.21. The number of oxazole rings is 1. The maximum atomic E-state index is 13.5. The molecule has 0 bridgehead atoms. The highest BCUT2D eigenvalue weighted by atomic mass is 32.2. The zero-order chi connectivity index (χ0) is 19.6. The average molecular weight is 397 g/mol. The van der Waals surface area contributed by atoms with Crippen LogP contribution in [0.25, 0.3) is 22.8 Å². The summed E-state index contributed by atoms with van der Waals surface area (Å²) >= 11 is 0. The molecule has 5 nitrogen and oxygen atoms in total. The highest BCUT2D eigenvalue weighted by Crippen LogP contribution is 2.35. The van der Waals surface area contributed by atoms with Gasteiger partial charge in [0, 0.05) is 24.2 Å². The van der Waals surface area contributed by atoms with E-state index in [4.69, 9.17) is 4.42 Å². The van der Waals surface area contributed by atoms with Crippen LogP contribution in [0.5, 0.6) is 0 Å². The minimum atomic E-state index is -3.78. The van der Waals surface area contributed by atoms with E-state index in [1.54, 1.807) is 7.05 Å². The second-order valence-corrected chi connectivity index (χ2v) is 9.11. The van der Waals surface area contributed by atoms with Gasteiger partial charge in [0.25, 0.3) is 10.0 Å². The number of benzene rings is 2. The van der Waals surface area contributed by atoms with Crippen LogP contribution in [0.2, 0.25) is 0 Å². The standard InChI is InChI=1S/C22H24N2O3S/c1-24(19-15-9-4-10-16-19)28(25,26)22-20(17-11-5-2-6-12-17)27-21(23-22)18-13-7-3-8-14-18/h2-3,5-8,11-14,19H,4,9-10,15-16H2,1H3. The van der Waals surface area contributed by atoms with Crippen LogP contribution in [0.1, 0.15) is 32.1 Å². The van der Waals surface area contributed by atoms with Gasteiger partial charge < -0.3 is 4.42 Å². The van der Waals surface area contributed by atoms with Crippen LogP contribution >= 0.6 is 0 Å². The van der Waals surface area contributed by atoms with Crippen molar-refractivity contribution in [1.29, 1.82) is 0 Å². The Morgan fingerprint density at radius 2 is 1.46 bits per heavy atom. The predicted molar refractivity (Wildman–Crippen MR) is 109 cm³/mol. The van der Waals surface area contributed by atoms with E-state index < -0.39 is 10.0 Å². The van der Waals surface area contributed by atoms with Crippen molar-refractivity contribution >= 4 is 10.0 Å². The van der Waals surface area contributed by atoms with Crippen molar-refractivity contribution in [2.45, 2.75) is 43.2 Å². The maximum absolute atomic E-state index is 13.5. The van der Waals surface area contributed by atoms with Crippen molar-refractivity contribution in [2.24, 2.45) is 0 Å². The topological polar surface area (TPSA) is 63.4 Å². The van der Waals surface area contributed by atoms with Crippen LogP contribution in [-0.2, 0) is 10.0 Å². The minimum absolute atomic E-state index is 0.00868. The largest absolute Gasteiger partial charge is 0.435 e. The molecule has 6 heteroatoms. The molecule has 1 aliphatic carbocycles. The Morgan fingerprint density at radius 3 is 2.07 bits per heavy atom. The van der Waals surface area contributed by atoms with Gasteiger partial charge in [0.05, 0.1) is 0 Å². The molecule has 1 aliphatic rings. The molecule has 0 saturated heterocycles. The van der Waals surface area contributed by atoms with Crippen molar-refractivity contribution in [3.05, 3.63) is 60.7 Å². The fourth-order valence-corrected chi connectivity index (χ4v) is 5.20. The van der Waals surface area contributed by atoms with Gasteiger partial charge in [-0.25, -0.2) is 8.42 Å². The van der Waals surface area contributed by atoms with E-state index in [2.05, 4.69) is 4.98 Å². The Balaban J connectivity index is 1.81. The molecule has 146 valence electrons. The van der Waals surface area contributed by atoms with Crippen LogP contribution in [-0.4, -0.2) is 30.8 Å². The molecule has 0 aliphatic heterocycles. The third-order valence-corrected chi connectivity index (χ3v) is 7.19. The highest BCUT2D eigenvalue weighted by molar-refractivity contribution is 7.89. The minimum Gasteiger partial charge on any atom is -0.435 e. The number of hydrogen-bond acceptors (Lipinski definition) is 4. The van der Waals surface area contributed by atoms with Gasteiger partial charge in [-0.3, -0.25) is 0 Å². The molecular formula is C22H24N2O3S. The fraction of sp³-hybridized carbons (Fsp3) is 0.318. The second kappa shape index (κ2) is 7.89. The van der Waals surface area contributed by atoms with Gasteiger partial charge in [0.15, 0.2) is 5.76 Å². The van der Waals surface area contributed by atoms with Gasteiger partial charge in [-0.05, 0) is 25.0 Å². The van der Waals surface area contributed by atoms with Crippen molar-refractivity contribution in [3.63, 3.8) is 0 Å². The Hall–Kier alpha value is -2.44. The summed E-state index contributed by atoms with van der Waals surface area (Å²) in [5.41, 5.74) is 1.45. The summed E-state index contributed by atoms with van der Waals surface area (Å²) in [6, 6.07) is 18.7. The Kier molecular flexibility index (Phi) is 5.33. The third kappa shape index (κ3) is 3.62. The van der Waals surface area contributed by atoms with E-state index in [0.717, 1.165) is 31.2 Å². The van der Waals surface area contributed by atoms with E-state index in [1.165, 1.54) is 10.7 Å². The Bertz CT molecular complexity index is 1020. The van der Waals surface area contributed by atoms with Gasteiger partial charge >= 0.3 is 0 Å². The first kappa shape index (κ1) is 18.9. The Morgan fingerprint density at radius 1 is 0.893 bits per heavy atom. The smallest absolute Gasteiger partial charge is 0.264 e. The van der Waals surface area contributed by atoms with E-state index in [0.29, 0.717) is 17.2 Å². The fourth-order valence-electron chi connectivity index (χ4n) is 3.73. The lowest BCUT2D eigenvalue weighted by atomic mass is 9.96. The van der Waals surface area contributed by atoms with Crippen LogP contribution in [0.3, 0.4) is 0 Å². The predicted octanol–water partition coefficient (Wildman–Crippen LogP) is 4.96. The van der Waals surface area contributed by atoms with Gasteiger partial charge in [0.1, 0.15) is 0 Å². The van der Waals surface area contributed by atoms with E-state index >= 15 is 0 Å². The molecule has 1 saturated carbocycles. The zero-order valence-electron chi connectivity index (χ0n) is 15.9. The molecule has 0 N–H and O–H groups in total.